The van der Waals surface area contributed by atoms with Crippen molar-refractivity contribution in [2.45, 2.75) is 224 Å². The number of rotatable bonds is 59. The molecule has 5 N–H and O–H groups in total. The standard InChI is InChI=1S/C20H32N2O7S.C20H32N2O5S.C19H30N2O5S.C18H28N2O6S/c1-14(2)20(27)29-11-17(24)10-28-19(26)6-8-30-12-16(9-15(3)21-13-23)22-7-4-5-18(22)25;1-15(2)20(26)27-10-5-6-18(24)8-11-28-13-17(12-16(3)21-14-23)22-9-4-7-19(22)25;1-3-19(25)26-10-5-6-17(23)8-11-27-13-16(12-15(2)20-14-22)21-9-4-7-18(21)24;1-3-17(23)25-8-9-26-18(24)6-10-27-12-15(11-14(2)19-13-21)20-7-4-5-16(20)22/h13,15-17,24H,1,4-12H2,2-3H3,(H,21,23);14,16-17H,1,4-13H2,2-3H3,(H,21,23);3,14-16H,1,4-13H2,2H3,(H,20,22);3,13-15H,1,4-12H2,2H3,(H,19,21). The molecule has 112 heavy (non-hydrogen) atoms. The summed E-state index contributed by atoms with van der Waals surface area (Å²) < 4.78 is 29.3. The molecule has 4 rings (SSSR count). The molecule has 0 aromatic carbocycles. The van der Waals surface area contributed by atoms with Crippen LogP contribution in [-0.2, 0) is 105 Å². The third-order valence-electron chi connectivity index (χ3n) is 17.5. The molecule has 9 unspecified atom stereocenters. The minimum atomic E-state index is -1.10. The van der Waals surface area contributed by atoms with Crippen molar-refractivity contribution in [1.82, 2.24) is 40.9 Å². The number of likely N-dealkylation sites (tertiary alicyclic amines) is 4. The van der Waals surface area contributed by atoms with Gasteiger partial charge in [0.05, 0.1) is 26.1 Å². The summed E-state index contributed by atoms with van der Waals surface area (Å²) in [5, 5.41) is 20.6. The Morgan fingerprint density at radius 3 is 1.01 bits per heavy atom. The van der Waals surface area contributed by atoms with E-state index in [1.54, 1.807) is 42.2 Å². The normalized spacial score (nSPS) is 16.0. The summed E-state index contributed by atoms with van der Waals surface area (Å²) in [6.07, 6.45) is 15.4. The van der Waals surface area contributed by atoms with Crippen molar-refractivity contribution >= 4 is 144 Å². The number of hydrogen-bond acceptors (Lipinski definition) is 27. The summed E-state index contributed by atoms with van der Waals surface area (Å²) >= 11 is 6.43. The average Bonchev–Trinajstić information content (AvgIpc) is 1.74. The van der Waals surface area contributed by atoms with E-state index in [9.17, 15) is 81.8 Å². The second-order valence-corrected chi connectivity index (χ2v) is 31.8. The number of ether oxygens (including phenoxy) is 6. The fraction of sp³-hybridized carbons (Fsp3) is 0.688. The highest BCUT2D eigenvalue weighted by Gasteiger charge is 2.33. The van der Waals surface area contributed by atoms with Crippen LogP contribution in [0.1, 0.15) is 170 Å². The first-order chi connectivity index (χ1) is 53.5. The van der Waals surface area contributed by atoms with E-state index in [4.69, 9.17) is 28.4 Å². The first kappa shape index (κ1) is 102. The molecule has 4 heterocycles. The van der Waals surface area contributed by atoms with Crippen LogP contribution in [0, 0.1) is 0 Å². The topological polar surface area (TPSA) is 410 Å². The van der Waals surface area contributed by atoms with Crippen LogP contribution in [0.5, 0.6) is 0 Å². The summed E-state index contributed by atoms with van der Waals surface area (Å²) in [6, 6.07) is 0.0909. The van der Waals surface area contributed by atoms with E-state index in [1.165, 1.54) is 18.7 Å². The van der Waals surface area contributed by atoms with E-state index in [-0.39, 0.29) is 148 Å². The van der Waals surface area contributed by atoms with Crippen LogP contribution in [0.2, 0.25) is 0 Å². The fourth-order valence-corrected chi connectivity index (χ4v) is 16.0. The summed E-state index contributed by atoms with van der Waals surface area (Å²) in [5.41, 5.74) is 0.577. The molecule has 0 spiro atoms. The minimum Gasteiger partial charge on any atom is -0.463 e. The van der Waals surface area contributed by atoms with E-state index in [1.807, 2.05) is 47.3 Å². The molecule has 35 heteroatoms. The molecular formula is C77H122N8O23S4. The zero-order valence-corrected chi connectivity index (χ0v) is 69.5. The molecule has 0 aromatic heterocycles. The van der Waals surface area contributed by atoms with Gasteiger partial charge in [-0.05, 0) is 106 Å². The molecule has 4 fully saturated rings. The predicted octanol–water partition coefficient (Wildman–Crippen LogP) is 5.34. The highest BCUT2D eigenvalue weighted by molar-refractivity contribution is 8.00. The molecular weight excluding hydrogens is 1530 g/mol. The second-order valence-electron chi connectivity index (χ2n) is 27.2. The van der Waals surface area contributed by atoms with Gasteiger partial charge in [-0.3, -0.25) is 57.5 Å². The lowest BCUT2D eigenvalue weighted by Crippen LogP contribution is -2.42. The molecule has 0 bridgehead atoms. The number of esters is 6. The average molecular weight is 1660 g/mol. The van der Waals surface area contributed by atoms with Gasteiger partial charge >= 0.3 is 35.8 Å². The predicted molar refractivity (Wildman–Crippen MR) is 430 cm³/mol. The van der Waals surface area contributed by atoms with Gasteiger partial charge < -0.3 is 74.4 Å². The molecule has 632 valence electrons. The van der Waals surface area contributed by atoms with Crippen LogP contribution < -0.4 is 21.3 Å². The van der Waals surface area contributed by atoms with Crippen LogP contribution in [0.3, 0.4) is 0 Å². The lowest BCUT2D eigenvalue weighted by atomic mass is 10.1. The number of Topliss-reactive ketones (excluding diaryl/α,β-unsaturated/α-hetero) is 2. The molecule has 0 aromatic rings. The van der Waals surface area contributed by atoms with E-state index in [0.29, 0.717) is 162 Å². The number of carbonyl (C=O) groups is 16. The molecule has 0 radical (unpaired) electrons. The zero-order valence-electron chi connectivity index (χ0n) is 66.2. The summed E-state index contributed by atoms with van der Waals surface area (Å²) in [5.74, 6) is 3.33. The Kier molecular flexibility index (Phi) is 57.2. The highest BCUT2D eigenvalue weighted by Crippen LogP contribution is 2.26. The van der Waals surface area contributed by atoms with Crippen LogP contribution >= 0.6 is 47.0 Å². The number of carbonyl (C=O) groups excluding carboxylic acids is 16. The Morgan fingerprint density at radius 1 is 0.420 bits per heavy atom. The van der Waals surface area contributed by atoms with Gasteiger partial charge in [-0.15, -0.1) is 0 Å². The van der Waals surface area contributed by atoms with Gasteiger partial charge in [0, 0.05) is 195 Å². The van der Waals surface area contributed by atoms with E-state index < -0.39 is 36.0 Å². The number of aliphatic hydroxyl groups excluding tert-OH is 1. The maximum atomic E-state index is 12.1. The molecule has 4 aliphatic heterocycles. The first-order valence-electron chi connectivity index (χ1n) is 38.1. The summed E-state index contributed by atoms with van der Waals surface area (Å²) in [7, 11) is 0. The van der Waals surface area contributed by atoms with Crippen LogP contribution in [0.4, 0.5) is 0 Å². The molecule has 8 amide bonds. The highest BCUT2D eigenvalue weighted by atomic mass is 32.2. The van der Waals surface area contributed by atoms with Gasteiger partial charge in [-0.2, -0.15) is 47.0 Å². The van der Waals surface area contributed by atoms with E-state index in [0.717, 1.165) is 69.0 Å². The molecule has 0 saturated carbocycles. The molecule has 4 aliphatic rings. The van der Waals surface area contributed by atoms with Crippen molar-refractivity contribution < 1.29 is 110 Å². The van der Waals surface area contributed by atoms with Gasteiger partial charge in [-0.1, -0.05) is 26.3 Å². The van der Waals surface area contributed by atoms with Gasteiger partial charge in [0.1, 0.15) is 44.1 Å². The van der Waals surface area contributed by atoms with Crippen LogP contribution in [-0.4, -0.2) is 288 Å². The van der Waals surface area contributed by atoms with Crippen LogP contribution in [0.15, 0.2) is 49.6 Å². The Labute approximate surface area is 677 Å². The minimum absolute atomic E-state index is 0.0000414. The Hall–Kier alpha value is -7.76. The number of ketones is 2. The fourth-order valence-electron chi connectivity index (χ4n) is 11.6. The first-order valence-corrected chi connectivity index (χ1v) is 42.7. The third-order valence-corrected chi connectivity index (χ3v) is 21.9. The van der Waals surface area contributed by atoms with Gasteiger partial charge in [-0.25, -0.2) is 19.2 Å². The maximum absolute atomic E-state index is 12.1. The SMILES string of the molecule is C=C(C)C(=O)OCC(O)COC(=O)CCSCC(CC(C)NC=O)N1CCCC1=O.C=C(C)C(=O)OCCCC(=O)CCSCC(CC(C)NC=O)N1CCCC1=O.C=CC(=O)OCCCC(=O)CCSCC(CC(C)NC=O)N1CCCC1=O.C=CC(=O)OCCOC(=O)CCSCC(CC(C)NC=O)N1CCCC1=O. The van der Waals surface area contributed by atoms with Crippen molar-refractivity contribution in [3.8, 4) is 0 Å². The number of amides is 8. The van der Waals surface area contributed by atoms with Crippen molar-refractivity contribution in [2.24, 2.45) is 0 Å². The van der Waals surface area contributed by atoms with Crippen molar-refractivity contribution in [3.05, 3.63) is 49.6 Å². The Morgan fingerprint density at radius 2 is 0.705 bits per heavy atom. The van der Waals surface area contributed by atoms with Crippen molar-refractivity contribution in [2.75, 3.05) is 112 Å². The van der Waals surface area contributed by atoms with E-state index in [2.05, 4.69) is 47.6 Å². The van der Waals surface area contributed by atoms with Gasteiger partial charge in [0.2, 0.25) is 49.3 Å². The molecule has 0 aliphatic carbocycles. The lowest BCUT2D eigenvalue weighted by Gasteiger charge is -2.29. The molecule has 9 atom stereocenters. The smallest absolute Gasteiger partial charge is 0.333 e. The summed E-state index contributed by atoms with van der Waals surface area (Å²) in [6.45, 7) is 27.2. The van der Waals surface area contributed by atoms with E-state index >= 15 is 0 Å². The maximum Gasteiger partial charge on any atom is 0.333 e. The quantitative estimate of drug-likeness (QED) is 0.0168. The Balaban J connectivity index is 0.000000747. The third kappa shape index (κ3) is 48.3. The number of nitrogens with zero attached hydrogens (tertiary/aromatic N) is 4. The molecule has 4 saturated heterocycles. The molecule has 31 nitrogen and oxygen atoms in total. The van der Waals surface area contributed by atoms with Gasteiger partial charge in [0.15, 0.2) is 0 Å². The zero-order chi connectivity index (χ0) is 83.6. The van der Waals surface area contributed by atoms with Crippen LogP contribution in [0.25, 0.3) is 0 Å². The number of hydrogen-bond donors (Lipinski definition) is 5. The largest absolute Gasteiger partial charge is 0.463 e. The second kappa shape index (κ2) is 62.7. The number of nitrogens with one attached hydrogen (secondary N) is 4. The number of aliphatic hydroxyl groups is 1. The van der Waals surface area contributed by atoms with Crippen molar-refractivity contribution in [1.29, 1.82) is 0 Å². The monoisotopic (exact) mass is 1650 g/mol. The Bertz CT molecular complexity index is 2910. The van der Waals surface area contributed by atoms with Crippen molar-refractivity contribution in [3.63, 3.8) is 0 Å². The van der Waals surface area contributed by atoms with Gasteiger partial charge in [0.25, 0.3) is 0 Å². The summed E-state index contributed by atoms with van der Waals surface area (Å²) in [4.78, 5) is 190. The lowest BCUT2D eigenvalue weighted by molar-refractivity contribution is -0.150. The number of thioether (sulfide) groups is 4.